The van der Waals surface area contributed by atoms with Gasteiger partial charge in [0.25, 0.3) is 5.91 Å². The van der Waals surface area contributed by atoms with Gasteiger partial charge in [-0.1, -0.05) is 40.6 Å². The van der Waals surface area contributed by atoms with Crippen molar-refractivity contribution in [3.8, 4) is 0 Å². The molecule has 5 nitrogen and oxygen atoms in total. The predicted octanol–water partition coefficient (Wildman–Crippen LogP) is 5.19. The van der Waals surface area contributed by atoms with E-state index in [2.05, 4.69) is 4.99 Å². The molecule has 0 fully saturated rings. The molecule has 0 saturated carbocycles. The van der Waals surface area contributed by atoms with Crippen LogP contribution in [0.25, 0.3) is 10.2 Å². The van der Waals surface area contributed by atoms with Gasteiger partial charge in [0.2, 0.25) is 0 Å². The van der Waals surface area contributed by atoms with Crippen molar-refractivity contribution in [2.75, 3.05) is 6.61 Å². The summed E-state index contributed by atoms with van der Waals surface area (Å²) in [6, 6.07) is 9.13. The molecule has 30 heavy (non-hydrogen) atoms. The van der Waals surface area contributed by atoms with Crippen molar-refractivity contribution in [3.05, 3.63) is 61.9 Å². The second kappa shape index (κ2) is 8.92. The van der Waals surface area contributed by atoms with E-state index in [0.29, 0.717) is 25.9 Å². The summed E-state index contributed by atoms with van der Waals surface area (Å²) >= 11 is 13.8. The van der Waals surface area contributed by atoms with Crippen LogP contribution < -0.4 is 4.80 Å². The molecule has 2 aromatic carbocycles. The molecule has 0 bridgehead atoms. The minimum Gasteiger partial charge on any atom is -0.465 e. The Hall–Kier alpha value is -2.15. The third-order valence-corrected chi connectivity index (χ3v) is 6.61. The van der Waals surface area contributed by atoms with Crippen LogP contribution in [0.2, 0.25) is 10.0 Å². The van der Waals surface area contributed by atoms with Gasteiger partial charge in [-0.05, 0) is 68.0 Å². The van der Waals surface area contributed by atoms with Gasteiger partial charge in [-0.2, -0.15) is 4.99 Å². The van der Waals surface area contributed by atoms with Gasteiger partial charge in [0.1, 0.15) is 6.54 Å². The Labute approximate surface area is 187 Å². The molecular weight excluding hydrogens is 443 g/mol. The number of ether oxygens (including phenoxy) is 1. The summed E-state index contributed by atoms with van der Waals surface area (Å²) in [6.07, 6.45) is 4.35. The van der Waals surface area contributed by atoms with Gasteiger partial charge in [-0.15, -0.1) is 0 Å². The number of thiazole rings is 1. The molecular formula is C22H20Cl2N2O3S. The molecule has 1 amide bonds. The Balaban J connectivity index is 1.80. The fraction of sp³-hybridized carbons (Fsp3) is 0.318. The Bertz CT molecular complexity index is 1210. The molecule has 4 rings (SSSR count). The highest BCUT2D eigenvalue weighted by atomic mass is 35.5. The summed E-state index contributed by atoms with van der Waals surface area (Å²) in [6.45, 7) is 1.92. The number of aromatic nitrogens is 1. The van der Waals surface area contributed by atoms with Crippen molar-refractivity contribution in [3.63, 3.8) is 0 Å². The third-order valence-electron chi connectivity index (χ3n) is 5.08. The molecule has 0 aliphatic heterocycles. The first-order valence-corrected chi connectivity index (χ1v) is 11.4. The molecule has 3 aromatic rings. The van der Waals surface area contributed by atoms with Gasteiger partial charge < -0.3 is 9.30 Å². The average Bonchev–Trinajstić information content (AvgIpc) is 3.04. The SMILES string of the molecule is CCOC(=O)Cn1c(=NC(=O)c2ccc3c(c2)CCCC3)sc2cc(Cl)cc(Cl)c21. The van der Waals surface area contributed by atoms with Crippen LogP contribution in [-0.4, -0.2) is 23.1 Å². The zero-order chi connectivity index (χ0) is 21.3. The Kier molecular flexibility index (Phi) is 6.27. The van der Waals surface area contributed by atoms with Crippen molar-refractivity contribution in [2.24, 2.45) is 4.99 Å². The van der Waals surface area contributed by atoms with Gasteiger partial charge in [0.15, 0.2) is 4.80 Å². The molecule has 1 aliphatic rings. The van der Waals surface area contributed by atoms with Crippen LogP contribution in [0.1, 0.15) is 41.3 Å². The molecule has 0 radical (unpaired) electrons. The zero-order valence-corrected chi connectivity index (χ0v) is 18.7. The summed E-state index contributed by atoms with van der Waals surface area (Å²) in [5.41, 5.74) is 3.67. The topological polar surface area (TPSA) is 60.7 Å². The second-order valence-corrected chi connectivity index (χ2v) is 8.97. The molecule has 0 saturated heterocycles. The Morgan fingerprint density at radius 3 is 2.67 bits per heavy atom. The van der Waals surface area contributed by atoms with E-state index >= 15 is 0 Å². The number of carbonyl (C=O) groups excluding carboxylic acids is 2. The van der Waals surface area contributed by atoms with E-state index in [0.717, 1.165) is 24.0 Å². The first-order valence-electron chi connectivity index (χ1n) is 9.81. The van der Waals surface area contributed by atoms with Crippen molar-refractivity contribution in [2.45, 2.75) is 39.2 Å². The van der Waals surface area contributed by atoms with Gasteiger partial charge in [-0.3, -0.25) is 9.59 Å². The maximum absolute atomic E-state index is 12.9. The van der Waals surface area contributed by atoms with E-state index in [-0.39, 0.29) is 19.1 Å². The zero-order valence-electron chi connectivity index (χ0n) is 16.4. The number of hydrogen-bond acceptors (Lipinski definition) is 4. The number of amides is 1. The lowest BCUT2D eigenvalue weighted by Crippen LogP contribution is -2.23. The molecule has 0 N–H and O–H groups in total. The highest BCUT2D eigenvalue weighted by Crippen LogP contribution is 2.30. The lowest BCUT2D eigenvalue weighted by atomic mass is 9.90. The minimum atomic E-state index is -0.425. The number of nitrogens with zero attached hydrogens (tertiary/aromatic N) is 2. The van der Waals surface area contributed by atoms with E-state index in [1.54, 1.807) is 23.6 Å². The molecule has 8 heteroatoms. The van der Waals surface area contributed by atoms with Crippen LogP contribution in [0, 0.1) is 0 Å². The molecule has 1 aromatic heterocycles. The standard InChI is InChI=1S/C22H20Cl2N2O3S/c1-2-29-19(27)12-26-20-17(24)10-16(23)11-18(20)30-22(26)25-21(28)15-8-7-13-5-3-4-6-14(13)9-15/h7-11H,2-6,12H2,1H3. The number of esters is 1. The number of halogens is 2. The third kappa shape index (κ3) is 4.31. The Morgan fingerprint density at radius 1 is 1.13 bits per heavy atom. The first-order chi connectivity index (χ1) is 14.5. The van der Waals surface area contributed by atoms with Crippen molar-refractivity contribution < 1.29 is 14.3 Å². The van der Waals surface area contributed by atoms with E-state index in [1.807, 2.05) is 18.2 Å². The smallest absolute Gasteiger partial charge is 0.326 e. The van der Waals surface area contributed by atoms with Crippen LogP contribution in [-0.2, 0) is 28.9 Å². The number of aryl methyl sites for hydroxylation is 2. The van der Waals surface area contributed by atoms with E-state index < -0.39 is 5.97 Å². The number of carbonyl (C=O) groups is 2. The molecule has 1 heterocycles. The van der Waals surface area contributed by atoms with Crippen LogP contribution in [0.3, 0.4) is 0 Å². The monoisotopic (exact) mass is 462 g/mol. The van der Waals surface area contributed by atoms with Crippen LogP contribution in [0.4, 0.5) is 0 Å². The normalized spacial score (nSPS) is 14.0. The highest BCUT2D eigenvalue weighted by Gasteiger charge is 2.17. The van der Waals surface area contributed by atoms with Crippen LogP contribution in [0.5, 0.6) is 0 Å². The molecule has 0 atom stereocenters. The number of benzene rings is 2. The van der Waals surface area contributed by atoms with E-state index in [4.69, 9.17) is 27.9 Å². The Morgan fingerprint density at radius 2 is 1.90 bits per heavy atom. The molecule has 0 unspecified atom stereocenters. The van der Waals surface area contributed by atoms with Gasteiger partial charge >= 0.3 is 5.97 Å². The van der Waals surface area contributed by atoms with Crippen LogP contribution in [0.15, 0.2) is 35.3 Å². The number of hydrogen-bond donors (Lipinski definition) is 0. The quantitative estimate of drug-likeness (QED) is 0.501. The van der Waals surface area contributed by atoms with Gasteiger partial charge in [0, 0.05) is 10.6 Å². The lowest BCUT2D eigenvalue weighted by Gasteiger charge is -2.15. The summed E-state index contributed by atoms with van der Waals surface area (Å²) in [4.78, 5) is 29.8. The maximum Gasteiger partial charge on any atom is 0.326 e. The van der Waals surface area contributed by atoms with E-state index in [9.17, 15) is 9.59 Å². The summed E-state index contributed by atoms with van der Waals surface area (Å²) in [5, 5.41) is 0.866. The lowest BCUT2D eigenvalue weighted by molar-refractivity contribution is -0.143. The fourth-order valence-corrected chi connectivity index (χ4v) is 5.52. The van der Waals surface area contributed by atoms with Crippen molar-refractivity contribution in [1.29, 1.82) is 0 Å². The van der Waals surface area contributed by atoms with Crippen molar-refractivity contribution in [1.82, 2.24) is 4.57 Å². The minimum absolute atomic E-state index is 0.0918. The average molecular weight is 463 g/mol. The van der Waals surface area contributed by atoms with Crippen LogP contribution >= 0.6 is 34.5 Å². The number of rotatable bonds is 4. The molecule has 0 spiro atoms. The van der Waals surface area contributed by atoms with Gasteiger partial charge in [0.05, 0.1) is 21.8 Å². The number of fused-ring (bicyclic) bond motifs is 2. The second-order valence-electron chi connectivity index (χ2n) is 7.12. The molecule has 1 aliphatic carbocycles. The maximum atomic E-state index is 12.9. The first kappa shape index (κ1) is 21.1. The largest absolute Gasteiger partial charge is 0.465 e. The fourth-order valence-electron chi connectivity index (χ4n) is 3.71. The summed E-state index contributed by atoms with van der Waals surface area (Å²) in [5.74, 6) is -0.777. The summed E-state index contributed by atoms with van der Waals surface area (Å²) in [7, 11) is 0. The van der Waals surface area contributed by atoms with E-state index in [1.165, 1.54) is 28.9 Å². The van der Waals surface area contributed by atoms with Gasteiger partial charge in [-0.25, -0.2) is 0 Å². The molecule has 156 valence electrons. The summed E-state index contributed by atoms with van der Waals surface area (Å²) < 4.78 is 7.45. The highest BCUT2D eigenvalue weighted by molar-refractivity contribution is 7.16. The predicted molar refractivity (Wildman–Crippen MR) is 119 cm³/mol. The van der Waals surface area contributed by atoms with Crippen molar-refractivity contribution >= 4 is 56.6 Å².